The highest BCUT2D eigenvalue weighted by Gasteiger charge is 2.35. The monoisotopic (exact) mass is 293 g/mol. The first-order valence-electron chi connectivity index (χ1n) is 5.66. The number of hydrogen-bond donors (Lipinski definition) is 0. The van der Waals surface area contributed by atoms with E-state index in [0.717, 1.165) is 10.7 Å². The van der Waals surface area contributed by atoms with Gasteiger partial charge in [0.2, 0.25) is 6.93 Å². The maximum atomic E-state index is 12.3. The van der Waals surface area contributed by atoms with Crippen molar-refractivity contribution in [1.82, 2.24) is 4.31 Å². The molecule has 1 unspecified atom stereocenters. The van der Waals surface area contributed by atoms with Crippen molar-refractivity contribution >= 4 is 10.0 Å². The van der Waals surface area contributed by atoms with Crippen LogP contribution >= 0.6 is 0 Å². The summed E-state index contributed by atoms with van der Waals surface area (Å²) in [6, 6.07) is 0. The Morgan fingerprint density at radius 3 is 2.17 bits per heavy atom. The van der Waals surface area contributed by atoms with Crippen LogP contribution in [-0.4, -0.2) is 38.5 Å². The van der Waals surface area contributed by atoms with Crippen molar-refractivity contribution in [2.75, 3.05) is 20.0 Å². The van der Waals surface area contributed by atoms with Gasteiger partial charge in [0.1, 0.15) is 0 Å². The van der Waals surface area contributed by atoms with Crippen LogP contribution in [0, 0.1) is 11.8 Å². The SMILES string of the molecule is CC(C)C1CCCN(S(=O)(=O)C(F)F)C1.FCF. The summed E-state index contributed by atoms with van der Waals surface area (Å²) in [5.74, 6) is -2.75. The lowest BCUT2D eigenvalue weighted by Crippen LogP contribution is -2.43. The molecule has 0 saturated carbocycles. The van der Waals surface area contributed by atoms with Gasteiger partial charge in [0.15, 0.2) is 0 Å². The molecule has 1 atom stereocenters. The van der Waals surface area contributed by atoms with E-state index in [4.69, 9.17) is 0 Å². The number of sulfonamides is 1. The molecule has 0 radical (unpaired) electrons. The van der Waals surface area contributed by atoms with Gasteiger partial charge in [0.25, 0.3) is 10.0 Å². The van der Waals surface area contributed by atoms with Crippen LogP contribution in [0.4, 0.5) is 17.6 Å². The molecule has 0 spiro atoms. The molecule has 1 fully saturated rings. The first kappa shape index (κ1) is 17.6. The van der Waals surface area contributed by atoms with E-state index in [1.54, 1.807) is 0 Å². The van der Waals surface area contributed by atoms with Gasteiger partial charge in [0.05, 0.1) is 0 Å². The molecule has 0 aliphatic carbocycles. The van der Waals surface area contributed by atoms with Gasteiger partial charge in [-0.15, -0.1) is 0 Å². The van der Waals surface area contributed by atoms with Crippen LogP contribution in [0.1, 0.15) is 26.7 Å². The molecule has 8 heteroatoms. The molecule has 1 aliphatic heterocycles. The van der Waals surface area contributed by atoms with E-state index >= 15 is 0 Å². The average Bonchev–Trinajstić information content (AvgIpc) is 2.30. The summed E-state index contributed by atoms with van der Waals surface area (Å²) in [5, 5.41) is 0. The standard InChI is InChI=1S/C9H17F2NO2S.CH2F2/c1-7(2)8-4-3-5-12(6-8)15(13,14)9(10)11;2-1-3/h7-9H,3-6H2,1-2H3;1H2. The molecule has 1 saturated heterocycles. The molecule has 3 nitrogen and oxygen atoms in total. The van der Waals surface area contributed by atoms with E-state index in [9.17, 15) is 26.0 Å². The molecule has 18 heavy (non-hydrogen) atoms. The molecule has 1 heterocycles. The van der Waals surface area contributed by atoms with Gasteiger partial charge in [-0.1, -0.05) is 13.8 Å². The third-order valence-corrected chi connectivity index (χ3v) is 4.45. The van der Waals surface area contributed by atoms with Crippen molar-refractivity contribution in [3.05, 3.63) is 0 Å². The maximum absolute atomic E-state index is 12.3. The Labute approximate surface area is 105 Å². The summed E-state index contributed by atoms with van der Waals surface area (Å²) < 4.78 is 67.2. The van der Waals surface area contributed by atoms with Gasteiger partial charge in [-0.25, -0.2) is 17.2 Å². The lowest BCUT2D eigenvalue weighted by atomic mass is 9.89. The van der Waals surface area contributed by atoms with Crippen LogP contribution in [-0.2, 0) is 10.0 Å². The molecular formula is C10H19F4NO2S. The minimum Gasteiger partial charge on any atom is -0.214 e. The van der Waals surface area contributed by atoms with Gasteiger partial charge < -0.3 is 0 Å². The van der Waals surface area contributed by atoms with Crippen molar-refractivity contribution in [3.8, 4) is 0 Å². The number of piperidine rings is 1. The Morgan fingerprint density at radius 1 is 1.28 bits per heavy atom. The Morgan fingerprint density at radius 2 is 1.78 bits per heavy atom. The van der Waals surface area contributed by atoms with E-state index in [0.29, 0.717) is 12.3 Å². The molecule has 1 aliphatic rings. The van der Waals surface area contributed by atoms with Gasteiger partial charge in [-0.3, -0.25) is 0 Å². The Kier molecular flexibility index (Phi) is 7.77. The van der Waals surface area contributed by atoms with Gasteiger partial charge >= 0.3 is 5.76 Å². The van der Waals surface area contributed by atoms with Crippen molar-refractivity contribution in [2.24, 2.45) is 11.8 Å². The summed E-state index contributed by atoms with van der Waals surface area (Å²) in [6.45, 7) is 2.70. The van der Waals surface area contributed by atoms with Crippen molar-refractivity contribution in [2.45, 2.75) is 32.4 Å². The second-order valence-corrected chi connectivity index (χ2v) is 6.31. The molecule has 0 bridgehead atoms. The third-order valence-electron chi connectivity index (χ3n) is 2.95. The second kappa shape index (κ2) is 7.93. The van der Waals surface area contributed by atoms with Gasteiger partial charge in [0, 0.05) is 13.1 Å². The van der Waals surface area contributed by atoms with Crippen LogP contribution in [0.15, 0.2) is 0 Å². The van der Waals surface area contributed by atoms with E-state index in [1.807, 2.05) is 13.8 Å². The molecule has 0 aromatic rings. The highest BCUT2D eigenvalue weighted by Crippen LogP contribution is 2.26. The largest absolute Gasteiger partial charge is 0.350 e. The summed E-state index contributed by atoms with van der Waals surface area (Å²) >= 11 is 0. The molecule has 0 aromatic carbocycles. The molecule has 0 N–H and O–H groups in total. The normalized spacial score (nSPS) is 21.9. The lowest BCUT2D eigenvalue weighted by molar-refractivity contribution is 0.185. The minimum atomic E-state index is -4.37. The summed E-state index contributed by atoms with van der Waals surface area (Å²) in [5.41, 5.74) is 0. The highest BCUT2D eigenvalue weighted by atomic mass is 32.2. The predicted octanol–water partition coefficient (Wildman–Crippen LogP) is 2.79. The molecular weight excluding hydrogens is 274 g/mol. The van der Waals surface area contributed by atoms with Crippen LogP contribution < -0.4 is 0 Å². The molecule has 1 rings (SSSR count). The van der Waals surface area contributed by atoms with Crippen LogP contribution in [0.25, 0.3) is 0 Å². The predicted molar refractivity (Wildman–Crippen MR) is 61.1 cm³/mol. The zero-order valence-corrected chi connectivity index (χ0v) is 11.3. The summed E-state index contributed by atoms with van der Waals surface area (Å²) in [4.78, 5) is 0. The highest BCUT2D eigenvalue weighted by molar-refractivity contribution is 7.89. The van der Waals surface area contributed by atoms with E-state index in [-0.39, 0.29) is 19.0 Å². The first-order valence-corrected chi connectivity index (χ1v) is 7.16. The number of alkyl halides is 4. The Bertz CT molecular complexity index is 322. The fraction of sp³-hybridized carbons (Fsp3) is 1.00. The minimum absolute atomic E-state index is 0.201. The topological polar surface area (TPSA) is 37.4 Å². The van der Waals surface area contributed by atoms with Crippen molar-refractivity contribution < 1.29 is 26.0 Å². The Balaban J connectivity index is 0.000000873. The number of halogens is 4. The van der Waals surface area contributed by atoms with Crippen LogP contribution in [0.5, 0.6) is 0 Å². The summed E-state index contributed by atoms with van der Waals surface area (Å²) in [6.07, 6.45) is 1.60. The Hall–Kier alpha value is -0.370. The van der Waals surface area contributed by atoms with Crippen LogP contribution in [0.3, 0.4) is 0 Å². The van der Waals surface area contributed by atoms with Gasteiger partial charge in [-0.2, -0.15) is 13.1 Å². The maximum Gasteiger partial charge on any atom is 0.350 e. The van der Waals surface area contributed by atoms with Crippen molar-refractivity contribution in [3.63, 3.8) is 0 Å². The fourth-order valence-electron chi connectivity index (χ4n) is 1.86. The number of rotatable bonds is 3. The van der Waals surface area contributed by atoms with E-state index < -0.39 is 22.7 Å². The van der Waals surface area contributed by atoms with Gasteiger partial charge in [-0.05, 0) is 24.7 Å². The fourth-order valence-corrected chi connectivity index (χ4v) is 2.87. The number of hydrogen-bond acceptors (Lipinski definition) is 2. The molecule has 0 amide bonds. The molecule has 110 valence electrons. The smallest absolute Gasteiger partial charge is 0.214 e. The third kappa shape index (κ3) is 5.09. The van der Waals surface area contributed by atoms with E-state index in [2.05, 4.69) is 0 Å². The quantitative estimate of drug-likeness (QED) is 0.750. The average molecular weight is 293 g/mol. The van der Waals surface area contributed by atoms with E-state index in [1.165, 1.54) is 0 Å². The second-order valence-electron chi connectivity index (χ2n) is 4.41. The summed E-state index contributed by atoms with van der Waals surface area (Å²) in [7, 11) is -4.37. The van der Waals surface area contributed by atoms with Crippen molar-refractivity contribution in [1.29, 1.82) is 0 Å². The van der Waals surface area contributed by atoms with Crippen LogP contribution in [0.2, 0.25) is 0 Å². The first-order chi connectivity index (χ1) is 8.27. The zero-order valence-electron chi connectivity index (χ0n) is 10.5. The molecule has 0 aromatic heterocycles. The zero-order chi connectivity index (χ0) is 14.3. The number of nitrogens with zero attached hydrogens (tertiary/aromatic N) is 1. The lowest BCUT2D eigenvalue weighted by Gasteiger charge is -2.33.